The molecule has 1 saturated carbocycles. The van der Waals surface area contributed by atoms with Crippen LogP contribution < -0.4 is 0 Å². The van der Waals surface area contributed by atoms with Gasteiger partial charge in [0, 0.05) is 12.6 Å². The quantitative estimate of drug-likeness (QED) is 0.679. The fourth-order valence-electron chi connectivity index (χ4n) is 1.46. The zero-order valence-corrected chi connectivity index (χ0v) is 8.51. The van der Waals surface area contributed by atoms with E-state index in [2.05, 4.69) is 11.8 Å². The third kappa shape index (κ3) is 3.55. The highest BCUT2D eigenvalue weighted by atomic mass is 16.3. The zero-order chi connectivity index (χ0) is 9.19. The molecule has 0 spiro atoms. The van der Waals surface area contributed by atoms with Crippen molar-refractivity contribution in [2.75, 3.05) is 13.1 Å². The van der Waals surface area contributed by atoms with Gasteiger partial charge in [-0.3, -0.25) is 0 Å². The molecule has 1 N–H and O–H groups in total. The smallest absolute Gasteiger partial charge is 0.0603 e. The van der Waals surface area contributed by atoms with E-state index in [0.717, 1.165) is 25.6 Å². The summed E-state index contributed by atoms with van der Waals surface area (Å²) in [5, 5.41) is 9.54. The van der Waals surface area contributed by atoms with Crippen molar-refractivity contribution in [3.05, 3.63) is 0 Å². The van der Waals surface area contributed by atoms with Gasteiger partial charge in [-0.2, -0.15) is 0 Å². The summed E-state index contributed by atoms with van der Waals surface area (Å²) >= 11 is 0. The van der Waals surface area contributed by atoms with Crippen molar-refractivity contribution in [1.82, 2.24) is 4.90 Å². The van der Waals surface area contributed by atoms with E-state index in [1.54, 1.807) is 0 Å². The topological polar surface area (TPSA) is 23.5 Å². The molecule has 0 unspecified atom stereocenters. The van der Waals surface area contributed by atoms with Gasteiger partial charge >= 0.3 is 0 Å². The van der Waals surface area contributed by atoms with Crippen LogP contribution in [0.2, 0.25) is 0 Å². The summed E-state index contributed by atoms with van der Waals surface area (Å²) in [5.74, 6) is 0. The Morgan fingerprint density at radius 2 is 2.00 bits per heavy atom. The first-order valence-electron chi connectivity index (χ1n) is 4.99. The van der Waals surface area contributed by atoms with Crippen LogP contribution in [-0.4, -0.2) is 34.7 Å². The first kappa shape index (κ1) is 10.0. The molecule has 2 heteroatoms. The lowest BCUT2D eigenvalue weighted by molar-refractivity contribution is 0.0573. The second-order valence-corrected chi connectivity index (χ2v) is 4.42. The Hall–Kier alpha value is -0.0800. The maximum atomic E-state index is 9.54. The van der Waals surface area contributed by atoms with Crippen LogP contribution in [0.15, 0.2) is 0 Å². The van der Waals surface area contributed by atoms with Crippen molar-refractivity contribution in [3.63, 3.8) is 0 Å². The van der Waals surface area contributed by atoms with Crippen LogP contribution in [0.25, 0.3) is 0 Å². The van der Waals surface area contributed by atoms with Crippen LogP contribution in [-0.2, 0) is 0 Å². The van der Waals surface area contributed by atoms with Crippen LogP contribution in [0.1, 0.15) is 40.0 Å². The Labute approximate surface area is 75.6 Å². The lowest BCUT2D eigenvalue weighted by Crippen LogP contribution is -2.32. The summed E-state index contributed by atoms with van der Waals surface area (Å²) in [7, 11) is 0. The van der Waals surface area contributed by atoms with Gasteiger partial charge in [-0.15, -0.1) is 0 Å². The molecular weight excluding hydrogens is 150 g/mol. The second kappa shape index (κ2) is 3.75. The van der Waals surface area contributed by atoms with Crippen LogP contribution in [0, 0.1) is 0 Å². The maximum absolute atomic E-state index is 9.54. The van der Waals surface area contributed by atoms with Crippen molar-refractivity contribution in [2.24, 2.45) is 0 Å². The predicted octanol–water partition coefficient (Wildman–Crippen LogP) is 1.63. The number of aliphatic hydroxyl groups is 1. The third-order valence-corrected chi connectivity index (χ3v) is 2.48. The summed E-state index contributed by atoms with van der Waals surface area (Å²) in [6.07, 6.45) is 3.61. The molecule has 1 aliphatic rings. The molecule has 0 aromatic carbocycles. The molecule has 12 heavy (non-hydrogen) atoms. The fourth-order valence-corrected chi connectivity index (χ4v) is 1.46. The van der Waals surface area contributed by atoms with Crippen molar-refractivity contribution in [3.8, 4) is 0 Å². The molecule has 0 amide bonds. The molecule has 1 rings (SSSR count). The minimum Gasteiger partial charge on any atom is -0.390 e. The molecule has 0 radical (unpaired) electrons. The first-order chi connectivity index (χ1) is 5.53. The molecule has 0 aromatic rings. The van der Waals surface area contributed by atoms with E-state index < -0.39 is 5.60 Å². The lowest BCUT2D eigenvalue weighted by Gasteiger charge is -2.24. The number of nitrogens with zero attached hydrogens (tertiary/aromatic N) is 1. The van der Waals surface area contributed by atoms with E-state index in [1.807, 2.05) is 13.8 Å². The highest BCUT2D eigenvalue weighted by Gasteiger charge is 2.28. The number of hydrogen-bond donors (Lipinski definition) is 1. The summed E-state index contributed by atoms with van der Waals surface area (Å²) in [6.45, 7) is 8.13. The van der Waals surface area contributed by atoms with Crippen molar-refractivity contribution in [2.45, 2.75) is 51.7 Å². The molecule has 0 saturated heterocycles. The Kier molecular flexibility index (Phi) is 3.13. The fraction of sp³-hybridized carbons (Fsp3) is 1.00. The molecule has 1 fully saturated rings. The van der Waals surface area contributed by atoms with Gasteiger partial charge in [-0.05, 0) is 39.7 Å². The zero-order valence-electron chi connectivity index (χ0n) is 8.51. The minimum atomic E-state index is -0.498. The first-order valence-corrected chi connectivity index (χ1v) is 4.99. The monoisotopic (exact) mass is 171 g/mol. The largest absolute Gasteiger partial charge is 0.390 e. The van der Waals surface area contributed by atoms with Crippen LogP contribution in [0.5, 0.6) is 0 Å². The summed E-state index contributed by atoms with van der Waals surface area (Å²) < 4.78 is 0. The highest BCUT2D eigenvalue weighted by molar-refractivity contribution is 4.84. The number of rotatable bonds is 5. The van der Waals surface area contributed by atoms with Crippen LogP contribution in [0.3, 0.4) is 0 Å². The molecule has 0 bridgehead atoms. The molecule has 0 aromatic heterocycles. The number of hydrogen-bond acceptors (Lipinski definition) is 2. The van der Waals surface area contributed by atoms with Gasteiger partial charge in [0.2, 0.25) is 0 Å². The molecule has 72 valence electrons. The standard InChI is InChI=1S/C10H21NO/c1-4-11(9-5-6-9)8-7-10(2,3)12/h9,12H,4-8H2,1-3H3. The predicted molar refractivity (Wildman–Crippen MR) is 51.2 cm³/mol. The lowest BCUT2D eigenvalue weighted by atomic mass is 10.1. The average molecular weight is 171 g/mol. The van der Waals surface area contributed by atoms with E-state index in [1.165, 1.54) is 12.8 Å². The van der Waals surface area contributed by atoms with Crippen LogP contribution >= 0.6 is 0 Å². The minimum absolute atomic E-state index is 0.498. The Morgan fingerprint density at radius 3 is 2.33 bits per heavy atom. The molecule has 2 nitrogen and oxygen atoms in total. The average Bonchev–Trinajstić information content (AvgIpc) is 2.70. The Morgan fingerprint density at radius 1 is 1.42 bits per heavy atom. The Bertz CT molecular complexity index is 135. The van der Waals surface area contributed by atoms with Gasteiger partial charge in [0.05, 0.1) is 5.60 Å². The summed E-state index contributed by atoms with van der Waals surface area (Å²) in [4.78, 5) is 2.47. The normalized spacial score (nSPS) is 18.8. The third-order valence-electron chi connectivity index (χ3n) is 2.48. The second-order valence-electron chi connectivity index (χ2n) is 4.42. The van der Waals surface area contributed by atoms with Gasteiger partial charge in [-0.1, -0.05) is 6.92 Å². The summed E-state index contributed by atoms with van der Waals surface area (Å²) in [6, 6.07) is 0.831. The molecule has 0 aliphatic heterocycles. The Balaban J connectivity index is 2.19. The maximum Gasteiger partial charge on any atom is 0.0603 e. The molecule has 0 heterocycles. The SMILES string of the molecule is CCN(CCC(C)(C)O)C1CC1. The van der Waals surface area contributed by atoms with Crippen LogP contribution in [0.4, 0.5) is 0 Å². The van der Waals surface area contributed by atoms with Crippen molar-refractivity contribution < 1.29 is 5.11 Å². The van der Waals surface area contributed by atoms with Crippen molar-refractivity contribution >= 4 is 0 Å². The van der Waals surface area contributed by atoms with E-state index in [4.69, 9.17) is 0 Å². The van der Waals surface area contributed by atoms with Gasteiger partial charge in [-0.25, -0.2) is 0 Å². The van der Waals surface area contributed by atoms with E-state index >= 15 is 0 Å². The van der Waals surface area contributed by atoms with E-state index in [0.29, 0.717) is 0 Å². The van der Waals surface area contributed by atoms with Crippen molar-refractivity contribution in [1.29, 1.82) is 0 Å². The van der Waals surface area contributed by atoms with Gasteiger partial charge in [0.15, 0.2) is 0 Å². The molecule has 1 aliphatic carbocycles. The molecule has 0 atom stereocenters. The molecular formula is C10H21NO. The van der Waals surface area contributed by atoms with Gasteiger partial charge in [0.25, 0.3) is 0 Å². The van der Waals surface area contributed by atoms with Gasteiger partial charge < -0.3 is 10.0 Å². The van der Waals surface area contributed by atoms with Gasteiger partial charge in [0.1, 0.15) is 0 Å². The summed E-state index contributed by atoms with van der Waals surface area (Å²) in [5.41, 5.74) is -0.498. The van der Waals surface area contributed by atoms with E-state index in [-0.39, 0.29) is 0 Å². The van der Waals surface area contributed by atoms with E-state index in [9.17, 15) is 5.11 Å². The highest BCUT2D eigenvalue weighted by Crippen LogP contribution is 2.27.